The van der Waals surface area contributed by atoms with Crippen molar-refractivity contribution < 1.29 is 10.2 Å². The lowest BCUT2D eigenvalue weighted by molar-refractivity contribution is 0.172. The second-order valence-corrected chi connectivity index (χ2v) is 6.80. The average molecular weight is 352 g/mol. The molecule has 0 aliphatic rings. The Bertz CT molecular complexity index is 948. The zero-order valence-electron chi connectivity index (χ0n) is 15.0. The van der Waals surface area contributed by atoms with E-state index in [2.05, 4.69) is 48.4 Å². The van der Waals surface area contributed by atoms with Crippen LogP contribution in [0.15, 0.2) is 53.3 Å². The number of pyridine rings is 1. The number of fused-ring (bicyclic) bond motifs is 1. The number of benzene rings is 2. The van der Waals surface area contributed by atoms with Crippen LogP contribution in [-0.4, -0.2) is 27.8 Å². The summed E-state index contributed by atoms with van der Waals surface area (Å²) in [7, 11) is 0. The van der Waals surface area contributed by atoms with Crippen molar-refractivity contribution in [1.29, 1.82) is 0 Å². The van der Waals surface area contributed by atoms with Gasteiger partial charge in [-0.15, -0.1) is 0 Å². The molecule has 3 rings (SSSR count). The number of rotatable bonds is 6. The summed E-state index contributed by atoms with van der Waals surface area (Å²) >= 11 is 0. The maximum atomic E-state index is 11.5. The molecule has 4 N–H and O–H groups in total. The van der Waals surface area contributed by atoms with Crippen LogP contribution in [-0.2, 0) is 6.42 Å². The molecule has 0 radical (unpaired) electrons. The Morgan fingerprint density at radius 1 is 1.08 bits per heavy atom. The second-order valence-electron chi connectivity index (χ2n) is 6.80. The first-order chi connectivity index (χ1) is 12.4. The standard InChI is InChI=1S/C21H24N2O3/c1-13-3-5-15(6-4-13)11-14(2)22-12-19(25)16-7-9-18(24)21-17(16)8-10-20(26)23-21/h3-10,14,19,22,24-25H,11-12H2,1-2H3,(H,23,26)/t14-,19+/m1/s1. The van der Waals surface area contributed by atoms with Crippen LogP contribution in [0.5, 0.6) is 5.75 Å². The van der Waals surface area contributed by atoms with E-state index < -0.39 is 6.10 Å². The minimum absolute atomic E-state index is 0.00523. The number of aliphatic hydroxyl groups is 1. The smallest absolute Gasteiger partial charge is 0.248 e. The fraction of sp³-hybridized carbons (Fsp3) is 0.286. The predicted molar refractivity (Wildman–Crippen MR) is 104 cm³/mol. The van der Waals surface area contributed by atoms with Crippen LogP contribution in [0.25, 0.3) is 10.9 Å². The molecule has 0 saturated heterocycles. The molecule has 0 aliphatic heterocycles. The zero-order chi connectivity index (χ0) is 18.7. The van der Waals surface area contributed by atoms with Gasteiger partial charge in [-0.3, -0.25) is 4.79 Å². The molecule has 0 unspecified atom stereocenters. The first-order valence-corrected chi connectivity index (χ1v) is 8.76. The summed E-state index contributed by atoms with van der Waals surface area (Å²) in [6, 6.07) is 14.8. The Hall–Kier alpha value is -2.63. The van der Waals surface area contributed by atoms with E-state index in [-0.39, 0.29) is 17.4 Å². The molecule has 136 valence electrons. The van der Waals surface area contributed by atoms with E-state index in [1.807, 2.05) is 0 Å². The summed E-state index contributed by atoms with van der Waals surface area (Å²) in [5.41, 5.74) is 3.22. The number of hydrogen-bond donors (Lipinski definition) is 4. The van der Waals surface area contributed by atoms with Crippen molar-refractivity contribution in [3.05, 3.63) is 75.6 Å². The number of aryl methyl sites for hydroxylation is 1. The third-order valence-corrected chi connectivity index (χ3v) is 4.59. The van der Waals surface area contributed by atoms with Gasteiger partial charge < -0.3 is 20.5 Å². The lowest BCUT2D eigenvalue weighted by Crippen LogP contribution is -2.32. The van der Waals surface area contributed by atoms with Gasteiger partial charge in [0.25, 0.3) is 0 Å². The first kappa shape index (κ1) is 18.2. The van der Waals surface area contributed by atoms with Crippen molar-refractivity contribution in [2.24, 2.45) is 0 Å². The highest BCUT2D eigenvalue weighted by molar-refractivity contribution is 5.87. The second kappa shape index (κ2) is 7.72. The van der Waals surface area contributed by atoms with Gasteiger partial charge in [0.05, 0.1) is 11.6 Å². The van der Waals surface area contributed by atoms with Crippen molar-refractivity contribution >= 4 is 10.9 Å². The van der Waals surface area contributed by atoms with E-state index >= 15 is 0 Å². The molecule has 0 aliphatic carbocycles. The molecule has 2 atom stereocenters. The van der Waals surface area contributed by atoms with Crippen LogP contribution in [0.2, 0.25) is 0 Å². The lowest BCUT2D eigenvalue weighted by Gasteiger charge is -2.19. The lowest BCUT2D eigenvalue weighted by atomic mass is 10.0. The van der Waals surface area contributed by atoms with Gasteiger partial charge in [0.2, 0.25) is 5.56 Å². The third kappa shape index (κ3) is 4.12. The Balaban J connectivity index is 1.69. The van der Waals surface area contributed by atoms with Crippen LogP contribution in [0.1, 0.15) is 29.7 Å². The van der Waals surface area contributed by atoms with E-state index in [9.17, 15) is 15.0 Å². The van der Waals surface area contributed by atoms with Gasteiger partial charge in [0.1, 0.15) is 5.75 Å². The molecule has 2 aromatic carbocycles. The molecule has 0 bridgehead atoms. The van der Waals surface area contributed by atoms with Crippen LogP contribution < -0.4 is 10.9 Å². The van der Waals surface area contributed by atoms with Gasteiger partial charge in [0.15, 0.2) is 0 Å². The summed E-state index contributed by atoms with van der Waals surface area (Å²) in [6.45, 7) is 4.53. The number of aromatic nitrogens is 1. The van der Waals surface area contributed by atoms with E-state index in [0.717, 1.165) is 6.42 Å². The molecule has 3 aromatic rings. The Morgan fingerprint density at radius 3 is 2.54 bits per heavy atom. The van der Waals surface area contributed by atoms with E-state index in [0.29, 0.717) is 23.0 Å². The predicted octanol–water partition coefficient (Wildman–Crippen LogP) is 2.80. The number of phenols is 1. The Labute approximate surface area is 152 Å². The molecule has 0 spiro atoms. The number of aromatic hydroxyl groups is 1. The van der Waals surface area contributed by atoms with Crippen molar-refractivity contribution in [2.45, 2.75) is 32.4 Å². The van der Waals surface area contributed by atoms with Crippen molar-refractivity contribution in [2.75, 3.05) is 6.54 Å². The highest BCUT2D eigenvalue weighted by Gasteiger charge is 2.15. The van der Waals surface area contributed by atoms with E-state index in [1.165, 1.54) is 23.3 Å². The minimum Gasteiger partial charge on any atom is -0.506 e. The van der Waals surface area contributed by atoms with Gasteiger partial charge in [-0.1, -0.05) is 35.9 Å². The number of aliphatic hydroxyl groups excluding tert-OH is 1. The normalized spacial score (nSPS) is 13.7. The largest absolute Gasteiger partial charge is 0.506 e. The maximum Gasteiger partial charge on any atom is 0.248 e. The van der Waals surface area contributed by atoms with Gasteiger partial charge in [-0.05, 0) is 43.5 Å². The molecule has 0 fully saturated rings. The average Bonchev–Trinajstić information content (AvgIpc) is 2.62. The monoisotopic (exact) mass is 352 g/mol. The van der Waals surface area contributed by atoms with Gasteiger partial charge in [-0.2, -0.15) is 0 Å². The SMILES string of the molecule is Cc1ccc(C[C@@H](C)NC[C@H](O)c2ccc(O)c3[nH]c(=O)ccc23)cc1. The Kier molecular flexibility index (Phi) is 5.40. The minimum atomic E-state index is -0.746. The number of phenolic OH excluding ortho intramolecular Hbond substituents is 1. The van der Waals surface area contributed by atoms with Crippen LogP contribution >= 0.6 is 0 Å². The number of aromatic amines is 1. The van der Waals surface area contributed by atoms with Crippen molar-refractivity contribution in [1.82, 2.24) is 10.3 Å². The topological polar surface area (TPSA) is 85.3 Å². The molecular formula is C21H24N2O3. The van der Waals surface area contributed by atoms with Gasteiger partial charge >= 0.3 is 0 Å². The van der Waals surface area contributed by atoms with Crippen LogP contribution in [0.4, 0.5) is 0 Å². The number of H-pyrrole nitrogens is 1. The quantitative estimate of drug-likeness (QED) is 0.550. The summed E-state index contributed by atoms with van der Waals surface area (Å²) in [5, 5.41) is 24.5. The molecule has 5 nitrogen and oxygen atoms in total. The summed E-state index contributed by atoms with van der Waals surface area (Å²) in [5.74, 6) is -0.00523. The first-order valence-electron chi connectivity index (χ1n) is 8.76. The molecule has 1 aromatic heterocycles. The van der Waals surface area contributed by atoms with Crippen molar-refractivity contribution in [3.8, 4) is 5.75 Å². The number of nitrogens with one attached hydrogen (secondary N) is 2. The molecule has 26 heavy (non-hydrogen) atoms. The van der Waals surface area contributed by atoms with Crippen LogP contribution in [0, 0.1) is 6.92 Å². The number of hydrogen-bond acceptors (Lipinski definition) is 4. The summed E-state index contributed by atoms with van der Waals surface area (Å²) < 4.78 is 0. The molecule has 1 heterocycles. The highest BCUT2D eigenvalue weighted by atomic mass is 16.3. The molecular weight excluding hydrogens is 328 g/mol. The molecule has 0 amide bonds. The summed E-state index contributed by atoms with van der Waals surface area (Å²) in [4.78, 5) is 14.1. The van der Waals surface area contributed by atoms with Gasteiger partial charge in [0, 0.05) is 24.0 Å². The van der Waals surface area contributed by atoms with Gasteiger partial charge in [-0.25, -0.2) is 0 Å². The third-order valence-electron chi connectivity index (χ3n) is 4.59. The van der Waals surface area contributed by atoms with Crippen molar-refractivity contribution in [3.63, 3.8) is 0 Å². The van der Waals surface area contributed by atoms with E-state index in [4.69, 9.17) is 0 Å². The molecule has 0 saturated carbocycles. The highest BCUT2D eigenvalue weighted by Crippen LogP contribution is 2.28. The Morgan fingerprint density at radius 2 is 1.81 bits per heavy atom. The fourth-order valence-corrected chi connectivity index (χ4v) is 3.12. The maximum absolute atomic E-state index is 11.5. The summed E-state index contributed by atoms with van der Waals surface area (Å²) in [6.07, 6.45) is 0.126. The fourth-order valence-electron chi connectivity index (χ4n) is 3.12. The molecule has 5 heteroatoms. The van der Waals surface area contributed by atoms with E-state index in [1.54, 1.807) is 12.1 Å². The zero-order valence-corrected chi connectivity index (χ0v) is 15.0. The van der Waals surface area contributed by atoms with Crippen LogP contribution in [0.3, 0.4) is 0 Å².